The zero-order valence-electron chi connectivity index (χ0n) is 5.16. The van der Waals surface area contributed by atoms with Crippen molar-refractivity contribution >= 4 is 18.4 Å². The van der Waals surface area contributed by atoms with Gasteiger partial charge in [-0.15, -0.1) is 0 Å². The second-order valence-electron chi connectivity index (χ2n) is 1.42. The summed E-state index contributed by atoms with van der Waals surface area (Å²) in [7, 11) is 0. The zero-order chi connectivity index (χ0) is 5.98. The van der Waals surface area contributed by atoms with E-state index in [4.69, 9.17) is 18.4 Å². The van der Waals surface area contributed by atoms with Crippen LogP contribution in [0.1, 0.15) is 0 Å². The van der Waals surface area contributed by atoms with E-state index in [-0.39, 0.29) is 51.4 Å². The summed E-state index contributed by atoms with van der Waals surface area (Å²) in [6, 6.07) is 3.38. The molecule has 0 spiro atoms. The molecular formula is C5H5KN2S. The second-order valence-corrected chi connectivity index (χ2v) is 1.89. The number of pyridine rings is 1. The molecule has 2 N–H and O–H groups in total. The largest absolute Gasteiger partial charge is 1.00 e. The summed E-state index contributed by atoms with van der Waals surface area (Å²) in [5.41, 5.74) is 5.28. The van der Waals surface area contributed by atoms with E-state index in [1.807, 2.05) is 0 Å². The van der Waals surface area contributed by atoms with Gasteiger partial charge in [0.1, 0.15) is 5.82 Å². The van der Waals surface area contributed by atoms with Crippen molar-refractivity contribution in [2.24, 2.45) is 0 Å². The molecule has 1 rings (SSSR count). The fourth-order valence-corrected chi connectivity index (χ4v) is 0.610. The molecule has 1 heterocycles. The van der Waals surface area contributed by atoms with Crippen molar-refractivity contribution in [3.05, 3.63) is 18.3 Å². The minimum absolute atomic E-state index is 0. The molecule has 42 valence electrons. The van der Waals surface area contributed by atoms with Gasteiger partial charge in [0.2, 0.25) is 0 Å². The normalized spacial score (nSPS) is 8.00. The smallest absolute Gasteiger partial charge is 0.780 e. The molecular weight excluding hydrogens is 159 g/mol. The quantitative estimate of drug-likeness (QED) is 0.342. The van der Waals surface area contributed by atoms with Crippen LogP contribution in [0.25, 0.3) is 0 Å². The van der Waals surface area contributed by atoms with Gasteiger partial charge in [0.05, 0.1) is 0 Å². The number of rotatable bonds is 0. The van der Waals surface area contributed by atoms with Crippen molar-refractivity contribution in [2.75, 3.05) is 5.73 Å². The van der Waals surface area contributed by atoms with E-state index in [9.17, 15) is 0 Å². The van der Waals surface area contributed by atoms with Crippen LogP contribution in [0.2, 0.25) is 0 Å². The Labute approximate surface area is 102 Å². The van der Waals surface area contributed by atoms with Crippen LogP contribution in [0.3, 0.4) is 0 Å². The predicted molar refractivity (Wildman–Crippen MR) is 34.3 cm³/mol. The first-order valence-corrected chi connectivity index (χ1v) is 2.58. The van der Waals surface area contributed by atoms with Gasteiger partial charge in [0.25, 0.3) is 0 Å². The molecule has 1 aromatic rings. The molecule has 0 saturated heterocycles. The van der Waals surface area contributed by atoms with Crippen LogP contribution in [0.15, 0.2) is 23.2 Å². The van der Waals surface area contributed by atoms with Gasteiger partial charge in [-0.3, -0.25) is 0 Å². The molecule has 2 nitrogen and oxygen atoms in total. The number of nitrogen functional groups attached to an aromatic ring is 1. The van der Waals surface area contributed by atoms with Crippen LogP contribution in [0.5, 0.6) is 0 Å². The van der Waals surface area contributed by atoms with Crippen molar-refractivity contribution in [3.8, 4) is 0 Å². The van der Waals surface area contributed by atoms with E-state index < -0.39 is 0 Å². The maximum absolute atomic E-state index is 5.28. The maximum atomic E-state index is 5.28. The number of nitrogens with zero attached hydrogens (tertiary/aromatic N) is 1. The second kappa shape index (κ2) is 4.60. The summed E-state index contributed by atoms with van der Waals surface area (Å²) in [6.45, 7) is 0. The number of nitrogens with two attached hydrogens (primary N) is 1. The van der Waals surface area contributed by atoms with E-state index in [1.165, 1.54) is 0 Å². The minimum Gasteiger partial charge on any atom is -0.780 e. The monoisotopic (exact) mass is 164 g/mol. The topological polar surface area (TPSA) is 38.9 Å². The molecule has 0 radical (unpaired) electrons. The molecule has 0 aliphatic rings. The molecule has 0 atom stereocenters. The molecule has 1 aromatic heterocycles. The summed E-state index contributed by atoms with van der Waals surface area (Å²) in [4.78, 5) is 4.48. The number of hydrogen-bond acceptors (Lipinski definition) is 3. The van der Waals surface area contributed by atoms with Crippen LogP contribution in [-0.2, 0) is 12.6 Å². The molecule has 4 heteroatoms. The Balaban J connectivity index is 0.000000640. The Kier molecular flexibility index (Phi) is 5.01. The fourth-order valence-electron chi connectivity index (χ4n) is 0.428. The zero-order valence-corrected chi connectivity index (χ0v) is 9.10. The third-order valence-corrected chi connectivity index (χ3v) is 1.01. The Morgan fingerprint density at radius 1 is 1.56 bits per heavy atom. The van der Waals surface area contributed by atoms with Crippen LogP contribution < -0.4 is 57.1 Å². The van der Waals surface area contributed by atoms with Gasteiger partial charge in [-0.05, 0) is 6.07 Å². The number of hydrogen-bond donors (Lipinski definition) is 1. The Bertz CT molecular complexity index is 175. The van der Waals surface area contributed by atoms with Gasteiger partial charge in [0.15, 0.2) is 0 Å². The van der Waals surface area contributed by atoms with Crippen LogP contribution >= 0.6 is 0 Å². The summed E-state index contributed by atoms with van der Waals surface area (Å²) in [5, 5.41) is 0. The van der Waals surface area contributed by atoms with Crippen LogP contribution in [-0.4, -0.2) is 4.98 Å². The molecule has 0 bridgehead atoms. The summed E-state index contributed by atoms with van der Waals surface area (Å²) in [5.74, 6) is 0.484. The first kappa shape index (κ1) is 9.81. The number of aromatic nitrogens is 1. The van der Waals surface area contributed by atoms with E-state index in [1.54, 1.807) is 18.3 Å². The average molecular weight is 164 g/mol. The molecule has 0 fully saturated rings. The molecule has 0 unspecified atom stereocenters. The van der Waals surface area contributed by atoms with Crippen LogP contribution in [0.4, 0.5) is 5.82 Å². The summed E-state index contributed by atoms with van der Waals surface area (Å²) < 4.78 is 0. The summed E-state index contributed by atoms with van der Waals surface area (Å²) >= 11 is 4.78. The van der Waals surface area contributed by atoms with Gasteiger partial charge < -0.3 is 18.4 Å². The van der Waals surface area contributed by atoms with Crippen molar-refractivity contribution < 1.29 is 51.4 Å². The summed E-state index contributed by atoms with van der Waals surface area (Å²) in [6.07, 6.45) is 1.59. The van der Waals surface area contributed by atoms with E-state index >= 15 is 0 Å². The van der Waals surface area contributed by atoms with Crippen molar-refractivity contribution in [1.82, 2.24) is 4.98 Å². The Morgan fingerprint density at radius 2 is 2.22 bits per heavy atom. The van der Waals surface area contributed by atoms with Gasteiger partial charge in [-0.1, -0.05) is 6.07 Å². The third kappa shape index (κ3) is 3.49. The van der Waals surface area contributed by atoms with Gasteiger partial charge in [-0.25, -0.2) is 4.98 Å². The molecule has 0 aromatic carbocycles. The van der Waals surface area contributed by atoms with E-state index in [0.29, 0.717) is 5.82 Å². The first-order valence-electron chi connectivity index (χ1n) is 2.17. The molecule has 0 amide bonds. The fraction of sp³-hybridized carbons (Fsp3) is 0. The molecule has 0 aliphatic heterocycles. The van der Waals surface area contributed by atoms with Gasteiger partial charge in [0, 0.05) is 6.20 Å². The van der Waals surface area contributed by atoms with Crippen molar-refractivity contribution in [1.29, 1.82) is 0 Å². The first-order chi connectivity index (χ1) is 3.79. The van der Waals surface area contributed by atoms with Gasteiger partial charge >= 0.3 is 51.4 Å². The molecule has 0 aliphatic carbocycles. The molecule has 9 heavy (non-hydrogen) atoms. The standard InChI is InChI=1S/C5H6N2S.K/c6-5-3-4(8)1-2-7-5;/h1-3H,(H3,6,7,8);/q;+1/p-1. The van der Waals surface area contributed by atoms with E-state index in [2.05, 4.69) is 4.98 Å². The van der Waals surface area contributed by atoms with Crippen molar-refractivity contribution in [2.45, 2.75) is 4.90 Å². The maximum Gasteiger partial charge on any atom is 1.00 e. The molecule has 0 saturated carbocycles. The van der Waals surface area contributed by atoms with E-state index in [0.717, 1.165) is 4.90 Å². The van der Waals surface area contributed by atoms with Crippen LogP contribution in [0, 0.1) is 0 Å². The van der Waals surface area contributed by atoms with Crippen molar-refractivity contribution in [3.63, 3.8) is 0 Å². The Morgan fingerprint density at radius 3 is 2.56 bits per heavy atom. The number of anilines is 1. The Hall–Kier alpha value is 0.806. The minimum atomic E-state index is 0. The van der Waals surface area contributed by atoms with Gasteiger partial charge in [-0.2, -0.15) is 4.90 Å². The third-order valence-electron chi connectivity index (χ3n) is 0.753. The SMILES string of the molecule is Nc1cc([S-])ccn1.[K+]. The average Bonchev–Trinajstić information content (AvgIpc) is 1.64. The predicted octanol–water partition coefficient (Wildman–Crippen LogP) is -2.43.